The number of carbonyl (C=O) groups excluding carboxylic acids is 1. The number of aromatic nitrogens is 1. The van der Waals surface area contributed by atoms with Crippen LogP contribution in [0.2, 0.25) is 0 Å². The van der Waals surface area contributed by atoms with Crippen molar-refractivity contribution in [2.24, 2.45) is 11.1 Å². The fraction of sp³-hybridized carbons (Fsp3) is 0.375. The van der Waals surface area contributed by atoms with Crippen LogP contribution >= 0.6 is 0 Å². The van der Waals surface area contributed by atoms with E-state index in [1.165, 1.54) is 6.39 Å². The Kier molecular flexibility index (Phi) is 6.11. The average molecular weight is 290 g/mol. The summed E-state index contributed by atoms with van der Waals surface area (Å²) in [6.07, 6.45) is 12.0. The van der Waals surface area contributed by atoms with E-state index < -0.39 is 17.4 Å². The van der Waals surface area contributed by atoms with E-state index in [1.54, 1.807) is 39.1 Å². The van der Waals surface area contributed by atoms with Gasteiger partial charge >= 0.3 is 0 Å². The van der Waals surface area contributed by atoms with Gasteiger partial charge in [0.1, 0.15) is 5.76 Å². The van der Waals surface area contributed by atoms with Crippen LogP contribution in [-0.4, -0.2) is 22.1 Å². The Bertz CT molecular complexity index is 540. The smallest absolute Gasteiger partial charge is 0.226 e. The minimum Gasteiger partial charge on any atom is -0.448 e. The van der Waals surface area contributed by atoms with Gasteiger partial charge in [0.15, 0.2) is 6.39 Å². The third kappa shape index (κ3) is 5.04. The molecule has 5 nitrogen and oxygen atoms in total. The van der Waals surface area contributed by atoms with Crippen LogP contribution in [0.3, 0.4) is 0 Å². The van der Waals surface area contributed by atoms with Gasteiger partial charge in [-0.25, -0.2) is 4.98 Å². The molecule has 0 saturated heterocycles. The van der Waals surface area contributed by atoms with Gasteiger partial charge in [-0.05, 0) is 26.3 Å². The zero-order valence-electron chi connectivity index (χ0n) is 12.6. The molecule has 1 amide bonds. The highest BCUT2D eigenvalue weighted by Crippen LogP contribution is 2.25. The summed E-state index contributed by atoms with van der Waals surface area (Å²) in [5.41, 5.74) is 4.97. The second-order valence-corrected chi connectivity index (χ2v) is 5.38. The van der Waals surface area contributed by atoms with Crippen molar-refractivity contribution < 1.29 is 14.3 Å². The van der Waals surface area contributed by atoms with Crippen molar-refractivity contribution in [3.8, 4) is 0 Å². The van der Waals surface area contributed by atoms with Gasteiger partial charge in [-0.3, -0.25) is 4.79 Å². The van der Waals surface area contributed by atoms with Crippen LogP contribution in [0, 0.1) is 5.41 Å². The van der Waals surface area contributed by atoms with Gasteiger partial charge in [0.05, 0.1) is 17.7 Å². The van der Waals surface area contributed by atoms with Gasteiger partial charge in [0, 0.05) is 6.42 Å². The molecule has 1 rings (SSSR count). The number of carbonyl (C=O) groups is 1. The molecule has 0 radical (unpaired) electrons. The number of amides is 1. The lowest BCUT2D eigenvalue weighted by Crippen LogP contribution is -2.42. The highest BCUT2D eigenvalue weighted by molar-refractivity contribution is 5.81. The summed E-state index contributed by atoms with van der Waals surface area (Å²) in [6.45, 7) is 5.01. The number of nitrogens with zero attached hydrogens (tertiary/aromatic N) is 1. The first-order valence-corrected chi connectivity index (χ1v) is 6.71. The van der Waals surface area contributed by atoms with E-state index in [4.69, 9.17) is 10.2 Å². The van der Waals surface area contributed by atoms with Crippen LogP contribution < -0.4 is 5.73 Å². The quantitative estimate of drug-likeness (QED) is 0.753. The van der Waals surface area contributed by atoms with Gasteiger partial charge in [-0.2, -0.15) is 0 Å². The van der Waals surface area contributed by atoms with Crippen molar-refractivity contribution in [2.75, 3.05) is 0 Å². The van der Waals surface area contributed by atoms with Gasteiger partial charge in [-0.1, -0.05) is 30.4 Å². The zero-order chi connectivity index (χ0) is 15.9. The van der Waals surface area contributed by atoms with Gasteiger partial charge in [0.25, 0.3) is 0 Å². The van der Waals surface area contributed by atoms with Crippen LogP contribution in [0.15, 0.2) is 53.0 Å². The predicted molar refractivity (Wildman–Crippen MR) is 81.2 cm³/mol. The van der Waals surface area contributed by atoms with Crippen LogP contribution in [0.25, 0.3) is 0 Å². The van der Waals surface area contributed by atoms with E-state index in [1.807, 2.05) is 18.2 Å². The molecule has 0 aliphatic rings. The lowest BCUT2D eigenvalue weighted by molar-refractivity contribution is -0.130. The van der Waals surface area contributed by atoms with Gasteiger partial charge in [-0.15, -0.1) is 0 Å². The molecule has 0 unspecified atom stereocenters. The molecule has 0 saturated carbocycles. The zero-order valence-corrected chi connectivity index (χ0v) is 12.6. The number of rotatable bonds is 7. The van der Waals surface area contributed by atoms with Crippen molar-refractivity contribution in [3.05, 3.63) is 54.3 Å². The number of hydrogen-bond donors (Lipinski definition) is 2. The molecule has 3 N–H and O–H groups in total. The molecule has 1 heterocycles. The molecule has 21 heavy (non-hydrogen) atoms. The molecular weight excluding hydrogens is 268 g/mol. The third-order valence-electron chi connectivity index (χ3n) is 3.27. The van der Waals surface area contributed by atoms with Crippen molar-refractivity contribution >= 4 is 5.91 Å². The number of nitrogens with two attached hydrogens (primary N) is 1. The predicted octanol–water partition coefficient (Wildman–Crippen LogP) is 2.15. The molecule has 5 heteroatoms. The lowest BCUT2D eigenvalue weighted by Gasteiger charge is -2.27. The highest BCUT2D eigenvalue weighted by atomic mass is 16.3. The van der Waals surface area contributed by atoms with E-state index in [2.05, 4.69) is 4.98 Å². The number of aliphatic hydroxyl groups excluding tert-OH is 1. The number of hydrogen-bond acceptors (Lipinski definition) is 4. The largest absolute Gasteiger partial charge is 0.448 e. The fourth-order valence-electron chi connectivity index (χ4n) is 1.67. The molecule has 114 valence electrons. The first-order chi connectivity index (χ1) is 9.85. The Labute approximate surface area is 124 Å². The topological polar surface area (TPSA) is 89.3 Å². The van der Waals surface area contributed by atoms with Crippen molar-refractivity contribution in [1.82, 2.24) is 4.98 Å². The molecule has 0 spiro atoms. The van der Waals surface area contributed by atoms with Gasteiger partial charge < -0.3 is 15.3 Å². The molecule has 0 aliphatic carbocycles. The normalized spacial score (nSPS) is 15.0. The van der Waals surface area contributed by atoms with Gasteiger partial charge in [0.2, 0.25) is 5.91 Å². The monoisotopic (exact) mass is 290 g/mol. The molecule has 1 aromatic rings. The Balaban J connectivity index is 2.53. The van der Waals surface area contributed by atoms with Crippen LogP contribution in [0.5, 0.6) is 0 Å². The van der Waals surface area contributed by atoms with Crippen molar-refractivity contribution in [2.45, 2.75) is 33.3 Å². The van der Waals surface area contributed by atoms with E-state index >= 15 is 0 Å². The summed E-state index contributed by atoms with van der Waals surface area (Å²) < 4.78 is 5.09. The second-order valence-electron chi connectivity index (χ2n) is 5.38. The molecule has 0 bridgehead atoms. The number of primary amides is 1. The Hall–Kier alpha value is -2.14. The molecule has 1 atom stereocenters. The number of oxazole rings is 1. The maximum Gasteiger partial charge on any atom is 0.226 e. The molecular formula is C16H22N2O3. The Morgan fingerprint density at radius 2 is 2.19 bits per heavy atom. The van der Waals surface area contributed by atoms with Crippen LogP contribution in [0.4, 0.5) is 0 Å². The highest BCUT2D eigenvalue weighted by Gasteiger charge is 2.34. The first kappa shape index (κ1) is 16.9. The van der Waals surface area contributed by atoms with E-state index in [9.17, 15) is 9.90 Å². The van der Waals surface area contributed by atoms with Crippen LogP contribution in [0.1, 0.15) is 26.5 Å². The number of aliphatic hydroxyl groups is 1. The first-order valence-electron chi connectivity index (χ1n) is 6.71. The standard InChI is InChI=1S/C16H22N2O3/c1-12(14(19)16(2,3)15(17)20)8-6-4-5-7-9-13-10-18-11-21-13/h4-8,10-11,14,19H,9H2,1-3H3,(H2,17,20)/b6-4-,7-5+,12-8-/t14-/m0/s1. The summed E-state index contributed by atoms with van der Waals surface area (Å²) in [7, 11) is 0. The summed E-state index contributed by atoms with van der Waals surface area (Å²) >= 11 is 0. The Morgan fingerprint density at radius 1 is 1.48 bits per heavy atom. The van der Waals surface area contributed by atoms with Crippen molar-refractivity contribution in [1.29, 1.82) is 0 Å². The Morgan fingerprint density at radius 3 is 2.76 bits per heavy atom. The summed E-state index contributed by atoms with van der Waals surface area (Å²) in [4.78, 5) is 15.1. The maximum atomic E-state index is 11.3. The summed E-state index contributed by atoms with van der Waals surface area (Å²) in [5.74, 6) is 0.267. The maximum absolute atomic E-state index is 11.3. The minimum atomic E-state index is -0.990. The molecule has 0 fully saturated rings. The molecule has 1 aromatic heterocycles. The second kappa shape index (κ2) is 7.59. The van der Waals surface area contributed by atoms with E-state index in [0.717, 1.165) is 5.76 Å². The van der Waals surface area contributed by atoms with Crippen LogP contribution in [-0.2, 0) is 11.2 Å². The SMILES string of the molecule is C/C(=C/C=C\C=C\Cc1cnco1)[C@H](O)C(C)(C)C(N)=O. The van der Waals surface area contributed by atoms with Crippen molar-refractivity contribution in [3.63, 3.8) is 0 Å². The average Bonchev–Trinajstić information content (AvgIpc) is 2.94. The lowest BCUT2D eigenvalue weighted by atomic mass is 9.82. The minimum absolute atomic E-state index is 0.529. The van der Waals surface area contributed by atoms with E-state index in [-0.39, 0.29) is 0 Å². The molecule has 0 aromatic carbocycles. The van der Waals surface area contributed by atoms with E-state index in [0.29, 0.717) is 12.0 Å². The summed E-state index contributed by atoms with van der Waals surface area (Å²) in [6, 6.07) is 0. The summed E-state index contributed by atoms with van der Waals surface area (Å²) in [5, 5.41) is 10.1. The number of allylic oxidation sites excluding steroid dienone is 5. The third-order valence-corrected chi connectivity index (χ3v) is 3.27. The molecule has 0 aliphatic heterocycles. The fourth-order valence-corrected chi connectivity index (χ4v) is 1.67.